The van der Waals surface area contributed by atoms with Gasteiger partial charge in [-0.3, -0.25) is 9.10 Å². The Morgan fingerprint density at radius 3 is 2.22 bits per heavy atom. The molecule has 1 aromatic carbocycles. The summed E-state index contributed by atoms with van der Waals surface area (Å²) in [7, 11) is -1.45. The molecule has 0 aliphatic carbocycles. The van der Waals surface area contributed by atoms with Gasteiger partial charge in [0.25, 0.3) is 0 Å². The second-order valence-electron chi connectivity index (χ2n) is 6.35. The third kappa shape index (κ3) is 4.23. The Balaban J connectivity index is 2.25. The van der Waals surface area contributed by atoms with E-state index in [0.29, 0.717) is 18.8 Å². The van der Waals surface area contributed by atoms with E-state index in [-0.39, 0.29) is 5.91 Å². The first-order valence-corrected chi connectivity index (χ1v) is 9.71. The number of hydrogen-bond donors (Lipinski definition) is 1. The molecule has 0 aromatic heterocycles. The summed E-state index contributed by atoms with van der Waals surface area (Å²) in [6.07, 6.45) is 1.14. The van der Waals surface area contributed by atoms with E-state index in [0.717, 1.165) is 24.9 Å². The van der Waals surface area contributed by atoms with Crippen LogP contribution in [0.25, 0.3) is 0 Å². The second-order valence-corrected chi connectivity index (χ2v) is 8.21. The van der Waals surface area contributed by atoms with Crippen LogP contribution < -0.4 is 9.21 Å². The van der Waals surface area contributed by atoms with Crippen molar-refractivity contribution in [3.63, 3.8) is 0 Å². The molecular formula is C16H26N3O3S+. The van der Waals surface area contributed by atoms with Crippen molar-refractivity contribution in [1.82, 2.24) is 4.90 Å². The lowest BCUT2D eigenvalue weighted by Gasteiger charge is -2.35. The molecule has 1 aliphatic heterocycles. The van der Waals surface area contributed by atoms with Crippen LogP contribution in [0.5, 0.6) is 0 Å². The van der Waals surface area contributed by atoms with Crippen LogP contribution in [-0.4, -0.2) is 64.7 Å². The monoisotopic (exact) mass is 340 g/mol. The fourth-order valence-electron chi connectivity index (χ4n) is 2.87. The molecule has 0 unspecified atom stereocenters. The van der Waals surface area contributed by atoms with Gasteiger partial charge in [-0.05, 0) is 26.0 Å². The van der Waals surface area contributed by atoms with Crippen molar-refractivity contribution in [2.24, 2.45) is 0 Å². The molecule has 1 amide bonds. The molecule has 128 valence electrons. The maximum atomic E-state index is 12.7. The summed E-state index contributed by atoms with van der Waals surface area (Å²) in [6.45, 7) is 6.72. The summed E-state index contributed by atoms with van der Waals surface area (Å²) in [6, 6.07) is 6.45. The summed E-state index contributed by atoms with van der Waals surface area (Å²) >= 11 is 0. The largest absolute Gasteiger partial charge is 0.334 e. The van der Waals surface area contributed by atoms with Crippen molar-refractivity contribution in [1.29, 1.82) is 0 Å². The van der Waals surface area contributed by atoms with Gasteiger partial charge in [-0.2, -0.15) is 0 Å². The number of nitrogens with one attached hydrogen (secondary N) is 1. The number of nitrogens with zero attached hydrogens (tertiary/aromatic N) is 2. The molecule has 7 heteroatoms. The van der Waals surface area contributed by atoms with Gasteiger partial charge in [0.2, 0.25) is 15.9 Å². The Labute approximate surface area is 138 Å². The zero-order valence-electron chi connectivity index (χ0n) is 14.2. The standard InChI is InChI=1S/C16H25N3O3S/c1-13-5-7-15(8-6-13)19(23(4,21)22)14(2)16(20)18-11-9-17(3)10-12-18/h5-8,14H,9-12H2,1-4H3/p+1/t14-/m1/s1. The Morgan fingerprint density at radius 1 is 1.22 bits per heavy atom. The fraction of sp³-hybridized carbons (Fsp3) is 0.562. The number of hydrogen-bond acceptors (Lipinski definition) is 3. The first kappa shape index (κ1) is 17.7. The Bertz CT molecular complexity index is 650. The van der Waals surface area contributed by atoms with E-state index >= 15 is 0 Å². The molecule has 0 saturated carbocycles. The molecule has 1 fully saturated rings. The number of quaternary nitrogens is 1. The van der Waals surface area contributed by atoms with Crippen molar-refractivity contribution >= 4 is 21.6 Å². The second kappa shape index (κ2) is 6.88. The molecule has 1 N–H and O–H groups in total. The average molecular weight is 340 g/mol. The van der Waals surface area contributed by atoms with E-state index in [2.05, 4.69) is 7.05 Å². The Hall–Kier alpha value is -1.60. The van der Waals surface area contributed by atoms with Gasteiger partial charge < -0.3 is 9.80 Å². The van der Waals surface area contributed by atoms with Crippen LogP contribution in [0.2, 0.25) is 0 Å². The number of piperazine rings is 1. The van der Waals surface area contributed by atoms with E-state index in [1.807, 2.05) is 19.1 Å². The highest BCUT2D eigenvalue weighted by atomic mass is 32.2. The van der Waals surface area contributed by atoms with E-state index < -0.39 is 16.1 Å². The Kier molecular flexibility index (Phi) is 5.31. The number of rotatable bonds is 4. The van der Waals surface area contributed by atoms with Crippen molar-refractivity contribution in [3.05, 3.63) is 29.8 Å². The van der Waals surface area contributed by atoms with Gasteiger partial charge in [-0.1, -0.05) is 17.7 Å². The third-order valence-electron chi connectivity index (χ3n) is 4.28. The lowest BCUT2D eigenvalue weighted by atomic mass is 10.2. The lowest BCUT2D eigenvalue weighted by Crippen LogP contribution is -3.12. The van der Waals surface area contributed by atoms with Crippen LogP contribution in [0.4, 0.5) is 5.69 Å². The highest BCUT2D eigenvalue weighted by molar-refractivity contribution is 7.92. The maximum Gasteiger partial charge on any atom is 0.246 e. The molecule has 0 radical (unpaired) electrons. The Morgan fingerprint density at radius 2 is 1.74 bits per heavy atom. The molecule has 0 spiro atoms. The topological polar surface area (TPSA) is 62.1 Å². The molecule has 1 atom stereocenters. The normalized spacial score (nSPS) is 17.8. The quantitative estimate of drug-likeness (QED) is 0.804. The summed E-state index contributed by atoms with van der Waals surface area (Å²) in [4.78, 5) is 15.9. The highest BCUT2D eigenvalue weighted by Gasteiger charge is 2.33. The van der Waals surface area contributed by atoms with Crippen LogP contribution in [0, 0.1) is 6.92 Å². The molecular weight excluding hydrogens is 314 g/mol. The minimum atomic E-state index is -3.54. The molecule has 1 heterocycles. The van der Waals surface area contributed by atoms with Crippen molar-refractivity contribution in [3.8, 4) is 0 Å². The molecule has 1 aromatic rings. The number of aryl methyl sites for hydroxylation is 1. The van der Waals surface area contributed by atoms with Crippen LogP contribution in [-0.2, 0) is 14.8 Å². The molecule has 6 nitrogen and oxygen atoms in total. The van der Waals surface area contributed by atoms with E-state index in [1.165, 1.54) is 9.21 Å². The minimum Gasteiger partial charge on any atom is -0.334 e. The zero-order valence-corrected chi connectivity index (χ0v) is 15.1. The molecule has 2 rings (SSSR count). The summed E-state index contributed by atoms with van der Waals surface area (Å²) in [5.41, 5.74) is 1.57. The van der Waals surface area contributed by atoms with E-state index in [9.17, 15) is 13.2 Å². The van der Waals surface area contributed by atoms with Crippen LogP contribution in [0.1, 0.15) is 12.5 Å². The molecule has 1 saturated heterocycles. The van der Waals surface area contributed by atoms with Crippen LogP contribution in [0.3, 0.4) is 0 Å². The van der Waals surface area contributed by atoms with Gasteiger partial charge in [-0.25, -0.2) is 8.42 Å². The van der Waals surface area contributed by atoms with Gasteiger partial charge in [-0.15, -0.1) is 0 Å². The van der Waals surface area contributed by atoms with Crippen LogP contribution in [0.15, 0.2) is 24.3 Å². The van der Waals surface area contributed by atoms with E-state index in [4.69, 9.17) is 0 Å². The van der Waals surface area contributed by atoms with Gasteiger partial charge in [0, 0.05) is 0 Å². The molecule has 1 aliphatic rings. The van der Waals surface area contributed by atoms with Gasteiger partial charge in [0.15, 0.2) is 0 Å². The predicted octanol–water partition coefficient (Wildman–Crippen LogP) is -0.494. The summed E-state index contributed by atoms with van der Waals surface area (Å²) < 4.78 is 25.7. The van der Waals surface area contributed by atoms with Crippen molar-refractivity contribution < 1.29 is 18.1 Å². The first-order valence-electron chi connectivity index (χ1n) is 7.86. The first-order chi connectivity index (χ1) is 10.7. The zero-order chi connectivity index (χ0) is 17.2. The van der Waals surface area contributed by atoms with Crippen LogP contribution >= 0.6 is 0 Å². The molecule has 23 heavy (non-hydrogen) atoms. The van der Waals surface area contributed by atoms with Gasteiger partial charge in [0.1, 0.15) is 6.04 Å². The summed E-state index contributed by atoms with van der Waals surface area (Å²) in [5.74, 6) is -0.136. The number of sulfonamides is 1. The lowest BCUT2D eigenvalue weighted by molar-refractivity contribution is -0.883. The minimum absolute atomic E-state index is 0.136. The molecule has 0 bridgehead atoms. The maximum absolute atomic E-state index is 12.7. The third-order valence-corrected chi connectivity index (χ3v) is 5.53. The number of carbonyl (C=O) groups is 1. The SMILES string of the molecule is Cc1ccc(N([C@H](C)C(=O)N2CC[NH+](C)CC2)S(C)(=O)=O)cc1. The van der Waals surface area contributed by atoms with E-state index in [1.54, 1.807) is 24.0 Å². The number of carbonyl (C=O) groups excluding carboxylic acids is 1. The van der Waals surface area contributed by atoms with Gasteiger partial charge >= 0.3 is 0 Å². The van der Waals surface area contributed by atoms with Crippen molar-refractivity contribution in [2.45, 2.75) is 19.9 Å². The number of likely N-dealkylation sites (N-methyl/N-ethyl adjacent to an activating group) is 1. The number of anilines is 1. The fourth-order valence-corrected chi connectivity index (χ4v) is 4.04. The van der Waals surface area contributed by atoms with Crippen molar-refractivity contribution in [2.75, 3.05) is 43.8 Å². The summed E-state index contributed by atoms with van der Waals surface area (Å²) in [5, 5.41) is 0. The number of amides is 1. The highest BCUT2D eigenvalue weighted by Crippen LogP contribution is 2.22. The number of benzene rings is 1. The smallest absolute Gasteiger partial charge is 0.246 e. The average Bonchev–Trinajstić information content (AvgIpc) is 2.48. The van der Waals surface area contributed by atoms with Gasteiger partial charge in [0.05, 0.1) is 45.2 Å². The predicted molar refractivity (Wildman–Crippen MR) is 91.2 cm³/mol.